The molecule has 106 valence electrons. The lowest BCUT2D eigenvalue weighted by atomic mass is 10.2. The highest BCUT2D eigenvalue weighted by Gasteiger charge is 2.20. The van der Waals surface area contributed by atoms with Gasteiger partial charge in [-0.05, 0) is 37.5 Å². The number of nitrogens with zero attached hydrogens (tertiary/aromatic N) is 1. The molecule has 0 bridgehead atoms. The molecule has 0 saturated heterocycles. The Kier molecular flexibility index (Phi) is 4.24. The van der Waals surface area contributed by atoms with E-state index < -0.39 is 0 Å². The molecule has 0 spiro atoms. The fourth-order valence-electron chi connectivity index (χ4n) is 1.94. The molecule has 3 nitrogen and oxygen atoms in total. The van der Waals surface area contributed by atoms with E-state index in [4.69, 9.17) is 16.3 Å². The third-order valence-electron chi connectivity index (χ3n) is 3.21. The van der Waals surface area contributed by atoms with Crippen molar-refractivity contribution in [1.29, 1.82) is 0 Å². The average molecular weight is 309 g/mol. The normalized spacial score (nSPS) is 14.5. The lowest BCUT2D eigenvalue weighted by Crippen LogP contribution is -2.15. The van der Waals surface area contributed by atoms with Crippen LogP contribution in [-0.4, -0.2) is 11.0 Å². The molecule has 20 heavy (non-hydrogen) atoms. The van der Waals surface area contributed by atoms with Gasteiger partial charge in [0.05, 0.1) is 14.9 Å². The smallest absolute Gasteiger partial charge is 0.138 e. The van der Waals surface area contributed by atoms with Gasteiger partial charge in [-0.3, -0.25) is 0 Å². The predicted octanol–water partition coefficient (Wildman–Crippen LogP) is 3.94. The van der Waals surface area contributed by atoms with Gasteiger partial charge < -0.3 is 10.1 Å². The first kappa shape index (κ1) is 13.9. The Bertz CT molecular complexity index is 595. The van der Waals surface area contributed by atoms with Crippen molar-refractivity contribution < 1.29 is 4.74 Å². The highest BCUT2D eigenvalue weighted by Crippen LogP contribution is 2.27. The van der Waals surface area contributed by atoms with Crippen molar-refractivity contribution in [1.82, 2.24) is 10.3 Å². The first-order valence-corrected chi connectivity index (χ1v) is 7.96. The van der Waals surface area contributed by atoms with Crippen LogP contribution >= 0.6 is 22.9 Å². The number of ether oxygens (including phenoxy) is 1. The van der Waals surface area contributed by atoms with Gasteiger partial charge in [0, 0.05) is 18.8 Å². The molecular weight excluding hydrogens is 292 g/mol. The summed E-state index contributed by atoms with van der Waals surface area (Å²) in [5.41, 5.74) is 1.20. The summed E-state index contributed by atoms with van der Waals surface area (Å²) in [6.07, 6.45) is 4.44. The van der Waals surface area contributed by atoms with Gasteiger partial charge >= 0.3 is 0 Å². The van der Waals surface area contributed by atoms with Gasteiger partial charge in [-0.2, -0.15) is 0 Å². The summed E-state index contributed by atoms with van der Waals surface area (Å²) in [5.74, 6) is 0.730. The minimum Gasteiger partial charge on any atom is -0.486 e. The number of rotatable bonds is 6. The van der Waals surface area contributed by atoms with Crippen LogP contribution < -0.4 is 10.1 Å². The number of aromatic nitrogens is 1. The molecule has 0 amide bonds. The highest BCUT2D eigenvalue weighted by atomic mass is 35.5. The molecule has 1 saturated carbocycles. The fourth-order valence-corrected chi connectivity index (χ4v) is 2.91. The molecule has 1 aliphatic carbocycles. The molecule has 0 aliphatic heterocycles. The van der Waals surface area contributed by atoms with Crippen molar-refractivity contribution in [3.63, 3.8) is 0 Å². The second kappa shape index (κ2) is 6.12. The molecule has 1 N–H and O–H groups in total. The topological polar surface area (TPSA) is 34.1 Å². The Morgan fingerprint density at radius 2 is 2.30 bits per heavy atom. The lowest BCUT2D eigenvalue weighted by molar-refractivity contribution is 0.309. The number of thiazole rings is 1. The van der Waals surface area contributed by atoms with Crippen LogP contribution in [0.2, 0.25) is 5.02 Å². The standard InChI is InChI=1S/C15H17ClN2OS/c1-10-17-8-13(20-10)9-19-15-5-2-11(6-14(15)16)7-18-12-3-4-12/h2,5-6,8,12,18H,3-4,7,9H2,1H3. The van der Waals surface area contributed by atoms with Crippen molar-refractivity contribution in [2.75, 3.05) is 0 Å². The second-order valence-electron chi connectivity index (χ2n) is 5.05. The molecule has 5 heteroatoms. The van der Waals surface area contributed by atoms with Gasteiger partial charge in [-0.15, -0.1) is 11.3 Å². The zero-order chi connectivity index (χ0) is 13.9. The second-order valence-corrected chi connectivity index (χ2v) is 6.78. The van der Waals surface area contributed by atoms with Gasteiger partial charge in [0.1, 0.15) is 12.4 Å². The van der Waals surface area contributed by atoms with E-state index in [9.17, 15) is 0 Å². The summed E-state index contributed by atoms with van der Waals surface area (Å²) in [7, 11) is 0. The first-order valence-electron chi connectivity index (χ1n) is 6.76. The number of hydrogen-bond acceptors (Lipinski definition) is 4. The highest BCUT2D eigenvalue weighted by molar-refractivity contribution is 7.11. The van der Waals surface area contributed by atoms with Gasteiger partial charge in [0.2, 0.25) is 0 Å². The van der Waals surface area contributed by atoms with E-state index in [0.29, 0.717) is 17.7 Å². The number of halogens is 1. The molecule has 1 aromatic carbocycles. The van der Waals surface area contributed by atoms with Crippen molar-refractivity contribution in [2.45, 2.75) is 39.0 Å². The van der Waals surface area contributed by atoms with E-state index in [-0.39, 0.29) is 0 Å². The Labute approximate surface area is 127 Å². The van der Waals surface area contributed by atoms with Crippen LogP contribution in [0.5, 0.6) is 5.75 Å². The molecule has 1 aliphatic rings. The van der Waals surface area contributed by atoms with Crippen LogP contribution in [0.25, 0.3) is 0 Å². The van der Waals surface area contributed by atoms with Crippen LogP contribution in [0.4, 0.5) is 0 Å². The molecule has 3 rings (SSSR count). The molecule has 1 heterocycles. The lowest BCUT2D eigenvalue weighted by Gasteiger charge is -2.09. The van der Waals surface area contributed by atoms with Crippen molar-refractivity contribution in [2.24, 2.45) is 0 Å². The minimum absolute atomic E-state index is 0.519. The average Bonchev–Trinajstić information content (AvgIpc) is 3.17. The van der Waals surface area contributed by atoms with Crippen LogP contribution in [0.3, 0.4) is 0 Å². The van der Waals surface area contributed by atoms with E-state index in [2.05, 4.69) is 16.4 Å². The Hall–Kier alpha value is -1.10. The third-order valence-corrected chi connectivity index (χ3v) is 4.39. The van der Waals surface area contributed by atoms with Crippen molar-refractivity contribution in [3.8, 4) is 5.75 Å². The van der Waals surface area contributed by atoms with Crippen molar-refractivity contribution >= 4 is 22.9 Å². The van der Waals surface area contributed by atoms with Crippen LogP contribution in [0.1, 0.15) is 28.3 Å². The van der Waals surface area contributed by atoms with Crippen LogP contribution in [0, 0.1) is 6.92 Å². The Morgan fingerprint density at radius 1 is 1.45 bits per heavy atom. The zero-order valence-electron chi connectivity index (χ0n) is 11.4. The summed E-state index contributed by atoms with van der Waals surface area (Å²) in [6, 6.07) is 6.69. The first-order chi connectivity index (χ1) is 9.70. The molecule has 1 fully saturated rings. The Balaban J connectivity index is 1.58. The molecule has 2 aromatic rings. The maximum Gasteiger partial charge on any atom is 0.138 e. The third kappa shape index (κ3) is 3.72. The largest absolute Gasteiger partial charge is 0.486 e. The molecule has 0 unspecified atom stereocenters. The van der Waals surface area contributed by atoms with Crippen LogP contribution in [-0.2, 0) is 13.2 Å². The van der Waals surface area contributed by atoms with Gasteiger partial charge in [-0.1, -0.05) is 17.7 Å². The van der Waals surface area contributed by atoms with E-state index in [1.807, 2.05) is 25.3 Å². The molecular formula is C15H17ClN2OS. The monoisotopic (exact) mass is 308 g/mol. The zero-order valence-corrected chi connectivity index (χ0v) is 12.9. The number of nitrogens with one attached hydrogen (secondary N) is 1. The van der Waals surface area contributed by atoms with Gasteiger partial charge in [-0.25, -0.2) is 4.98 Å². The molecule has 0 radical (unpaired) electrons. The molecule has 0 atom stereocenters. The minimum atomic E-state index is 0.519. The van der Waals surface area contributed by atoms with Crippen LogP contribution in [0.15, 0.2) is 24.4 Å². The quantitative estimate of drug-likeness (QED) is 0.878. The SMILES string of the molecule is Cc1ncc(COc2ccc(CNC3CC3)cc2Cl)s1. The maximum absolute atomic E-state index is 6.27. The predicted molar refractivity (Wildman–Crippen MR) is 82.5 cm³/mol. The summed E-state index contributed by atoms with van der Waals surface area (Å²) < 4.78 is 5.75. The Morgan fingerprint density at radius 3 is 2.95 bits per heavy atom. The van der Waals surface area contributed by atoms with Crippen molar-refractivity contribution in [3.05, 3.63) is 44.9 Å². The summed E-state index contributed by atoms with van der Waals surface area (Å²) in [5, 5.41) is 5.19. The summed E-state index contributed by atoms with van der Waals surface area (Å²) in [4.78, 5) is 5.32. The number of hydrogen-bond donors (Lipinski definition) is 1. The van der Waals surface area contributed by atoms with E-state index in [1.165, 1.54) is 18.4 Å². The summed E-state index contributed by atoms with van der Waals surface area (Å²) in [6.45, 7) is 3.38. The van der Waals surface area contributed by atoms with Gasteiger partial charge in [0.15, 0.2) is 0 Å². The fraction of sp³-hybridized carbons (Fsp3) is 0.400. The number of benzene rings is 1. The number of aryl methyl sites for hydroxylation is 1. The summed E-state index contributed by atoms with van der Waals surface area (Å²) >= 11 is 7.91. The van der Waals surface area contributed by atoms with Gasteiger partial charge in [0.25, 0.3) is 0 Å². The maximum atomic E-state index is 6.27. The van der Waals surface area contributed by atoms with E-state index in [0.717, 1.165) is 22.2 Å². The molecule has 1 aromatic heterocycles. The van der Waals surface area contributed by atoms with E-state index in [1.54, 1.807) is 11.3 Å². The van der Waals surface area contributed by atoms with E-state index >= 15 is 0 Å².